The Bertz CT molecular complexity index is 1120. The highest BCUT2D eigenvalue weighted by molar-refractivity contribution is 6.31. The fourth-order valence-corrected chi connectivity index (χ4v) is 4.68. The Kier molecular flexibility index (Phi) is 9.10. The molecule has 2 aromatic rings. The molecular weight excluding hydrogens is 477 g/mol. The number of urea groups is 1. The monoisotopic (exact) mass is 503 g/mol. The van der Waals surface area contributed by atoms with Crippen molar-refractivity contribution in [1.29, 1.82) is 0 Å². The van der Waals surface area contributed by atoms with Gasteiger partial charge in [-0.2, -0.15) is 0 Å². The van der Waals surface area contributed by atoms with Gasteiger partial charge in [0.05, 0.1) is 0 Å². The van der Waals surface area contributed by atoms with Crippen LogP contribution in [-0.2, 0) is 29.0 Å². The topological polar surface area (TPSA) is 113 Å². The van der Waals surface area contributed by atoms with Crippen molar-refractivity contribution in [2.75, 3.05) is 19.6 Å². The molecule has 2 aromatic carbocycles. The first-order chi connectivity index (χ1) is 16.4. The fraction of sp³-hybridized carbons (Fsp3) is 0.320. The van der Waals surface area contributed by atoms with E-state index in [2.05, 4.69) is 11.4 Å². The minimum Gasteiger partial charge on any atom is -0.483 e. The van der Waals surface area contributed by atoms with Gasteiger partial charge in [-0.3, -0.25) is 9.59 Å². The van der Waals surface area contributed by atoms with Gasteiger partial charge in [-0.05, 0) is 71.0 Å². The molecule has 1 heterocycles. The third kappa shape index (κ3) is 6.38. The Morgan fingerprint density at radius 2 is 1.94 bits per heavy atom. The molecule has 34 heavy (non-hydrogen) atoms. The van der Waals surface area contributed by atoms with Crippen molar-refractivity contribution in [3.05, 3.63) is 74.3 Å². The van der Waals surface area contributed by atoms with Gasteiger partial charge >= 0.3 is 6.03 Å². The lowest BCUT2D eigenvalue weighted by Crippen LogP contribution is -2.43. The number of Topliss-reactive ketones (excluding diaryl/α,β-unsaturated/α-hetero) is 1. The molecule has 0 unspecified atom stereocenters. The fourth-order valence-electron chi connectivity index (χ4n) is 4.33. The lowest BCUT2D eigenvalue weighted by molar-refractivity contribution is -0.123. The third-order valence-electron chi connectivity index (χ3n) is 5.89. The molecule has 0 atom stereocenters. The number of rotatable bonds is 6. The molecule has 0 radical (unpaired) electrons. The van der Waals surface area contributed by atoms with Gasteiger partial charge in [-0.25, -0.2) is 4.79 Å². The SMILES string of the molecule is NCCC(=O)Cc1cc(CNC(=O)N2CCC3=C(Cc4ccc(Cl)cc43)C2)ccc1Cl.O=CO. The summed E-state index contributed by atoms with van der Waals surface area (Å²) in [6.45, 7) is 1.77. The number of carbonyl (C=O) groups is 3. The maximum atomic E-state index is 12.8. The second kappa shape index (κ2) is 12.0. The summed E-state index contributed by atoms with van der Waals surface area (Å²) in [5, 5.41) is 11.2. The number of carboxylic acid groups (broad SMARTS) is 1. The van der Waals surface area contributed by atoms with Crippen molar-refractivity contribution in [1.82, 2.24) is 10.2 Å². The molecule has 4 rings (SSSR count). The molecule has 0 fully saturated rings. The number of benzene rings is 2. The number of hydrogen-bond donors (Lipinski definition) is 3. The van der Waals surface area contributed by atoms with Crippen LogP contribution in [0, 0.1) is 0 Å². The number of ketones is 1. The van der Waals surface area contributed by atoms with Crippen molar-refractivity contribution >= 4 is 47.1 Å². The van der Waals surface area contributed by atoms with Crippen LogP contribution in [0.1, 0.15) is 35.1 Å². The van der Waals surface area contributed by atoms with E-state index in [0.717, 1.165) is 29.0 Å². The van der Waals surface area contributed by atoms with E-state index in [9.17, 15) is 9.59 Å². The molecule has 0 bridgehead atoms. The van der Waals surface area contributed by atoms with E-state index in [1.165, 1.54) is 22.3 Å². The number of carbonyl (C=O) groups excluding carboxylic acids is 2. The van der Waals surface area contributed by atoms with Gasteiger partial charge in [0.25, 0.3) is 6.47 Å². The first-order valence-electron chi connectivity index (χ1n) is 11.0. The highest BCUT2D eigenvalue weighted by Crippen LogP contribution is 2.39. The number of nitrogens with two attached hydrogens (primary N) is 1. The molecule has 0 aromatic heterocycles. The Hall–Kier alpha value is -2.87. The highest BCUT2D eigenvalue weighted by atomic mass is 35.5. The van der Waals surface area contributed by atoms with Crippen molar-refractivity contribution in [2.24, 2.45) is 5.73 Å². The van der Waals surface area contributed by atoms with Crippen LogP contribution in [0.25, 0.3) is 5.57 Å². The molecule has 1 aliphatic carbocycles. The average Bonchev–Trinajstić information content (AvgIpc) is 3.17. The normalized spacial score (nSPS) is 14.0. The summed E-state index contributed by atoms with van der Waals surface area (Å²) in [6.07, 6.45) is 2.30. The van der Waals surface area contributed by atoms with E-state index in [-0.39, 0.29) is 24.7 Å². The van der Waals surface area contributed by atoms with Gasteiger partial charge in [-0.15, -0.1) is 0 Å². The number of hydrogen-bond acceptors (Lipinski definition) is 4. The van der Waals surface area contributed by atoms with Crippen LogP contribution in [-0.4, -0.2) is 47.9 Å². The molecule has 7 nitrogen and oxygen atoms in total. The van der Waals surface area contributed by atoms with Crippen LogP contribution in [0.2, 0.25) is 10.0 Å². The Morgan fingerprint density at radius 1 is 1.18 bits per heavy atom. The van der Waals surface area contributed by atoms with E-state index < -0.39 is 0 Å². The Labute approximate surface area is 208 Å². The Morgan fingerprint density at radius 3 is 2.68 bits per heavy atom. The number of halogens is 2. The molecule has 2 amide bonds. The van der Waals surface area contributed by atoms with E-state index in [0.29, 0.717) is 37.6 Å². The second-order valence-corrected chi connectivity index (χ2v) is 9.02. The Balaban J connectivity index is 0.00000103. The van der Waals surface area contributed by atoms with Gasteiger partial charge in [0.1, 0.15) is 5.78 Å². The van der Waals surface area contributed by atoms with Gasteiger partial charge in [0, 0.05) is 42.5 Å². The van der Waals surface area contributed by atoms with Crippen LogP contribution in [0.4, 0.5) is 4.79 Å². The molecule has 180 valence electrons. The van der Waals surface area contributed by atoms with Gasteiger partial charge in [0.15, 0.2) is 0 Å². The van der Waals surface area contributed by atoms with E-state index in [1.807, 2.05) is 29.2 Å². The zero-order valence-electron chi connectivity index (χ0n) is 18.7. The minimum absolute atomic E-state index is 0.0572. The van der Waals surface area contributed by atoms with Gasteiger partial charge in [-0.1, -0.05) is 41.4 Å². The first-order valence-corrected chi connectivity index (χ1v) is 11.7. The van der Waals surface area contributed by atoms with Crippen molar-refractivity contribution in [3.8, 4) is 0 Å². The summed E-state index contributed by atoms with van der Waals surface area (Å²) >= 11 is 12.4. The van der Waals surface area contributed by atoms with Crippen LogP contribution in [0.5, 0.6) is 0 Å². The van der Waals surface area contributed by atoms with Crippen LogP contribution in [0.15, 0.2) is 42.0 Å². The zero-order valence-corrected chi connectivity index (χ0v) is 20.2. The maximum absolute atomic E-state index is 12.8. The van der Waals surface area contributed by atoms with E-state index in [1.54, 1.807) is 6.07 Å². The standard InChI is InChI=1S/C24H25Cl2N3O2.CH2O2/c25-19-3-2-16-10-18-14-29(8-6-21(18)22(16)12-19)24(31)28-13-15-1-4-23(26)17(9-15)11-20(30)5-7-27;2-1-3/h1-4,9,12H,5-8,10-11,13-14,27H2,(H,28,31);1H,(H,2,3). The lowest BCUT2D eigenvalue weighted by Gasteiger charge is -2.29. The number of nitrogens with zero attached hydrogens (tertiary/aromatic N) is 1. The molecule has 2 aliphatic rings. The van der Waals surface area contributed by atoms with Crippen LogP contribution in [0.3, 0.4) is 0 Å². The molecule has 0 saturated heterocycles. The smallest absolute Gasteiger partial charge is 0.317 e. The second-order valence-electron chi connectivity index (χ2n) is 8.18. The summed E-state index contributed by atoms with van der Waals surface area (Å²) in [7, 11) is 0. The summed E-state index contributed by atoms with van der Waals surface area (Å²) < 4.78 is 0. The van der Waals surface area contributed by atoms with Crippen molar-refractivity contribution < 1.29 is 19.5 Å². The molecule has 4 N–H and O–H groups in total. The van der Waals surface area contributed by atoms with Crippen molar-refractivity contribution in [3.63, 3.8) is 0 Å². The quantitative estimate of drug-likeness (QED) is 0.514. The van der Waals surface area contributed by atoms with E-state index >= 15 is 0 Å². The maximum Gasteiger partial charge on any atom is 0.317 e. The van der Waals surface area contributed by atoms with Gasteiger partial charge in [0.2, 0.25) is 0 Å². The number of fused-ring (bicyclic) bond motifs is 2. The summed E-state index contributed by atoms with van der Waals surface area (Å²) in [5.74, 6) is 0.0572. The zero-order chi connectivity index (χ0) is 24.7. The van der Waals surface area contributed by atoms with Crippen LogP contribution < -0.4 is 11.1 Å². The summed E-state index contributed by atoms with van der Waals surface area (Å²) in [6, 6.07) is 11.5. The first kappa shape index (κ1) is 25.7. The number of nitrogens with one attached hydrogen (secondary N) is 1. The van der Waals surface area contributed by atoms with Gasteiger partial charge < -0.3 is 21.1 Å². The predicted molar refractivity (Wildman–Crippen MR) is 133 cm³/mol. The molecular formula is C25H27Cl2N3O4. The molecule has 0 saturated carbocycles. The summed E-state index contributed by atoms with van der Waals surface area (Å²) in [4.78, 5) is 34.9. The largest absolute Gasteiger partial charge is 0.483 e. The third-order valence-corrected chi connectivity index (χ3v) is 6.50. The predicted octanol–water partition coefficient (Wildman–Crippen LogP) is 4.08. The number of amides is 2. The molecule has 1 aliphatic heterocycles. The molecule has 9 heteroatoms. The summed E-state index contributed by atoms with van der Waals surface area (Å²) in [5.41, 5.74) is 12.3. The van der Waals surface area contributed by atoms with E-state index in [4.69, 9.17) is 38.8 Å². The van der Waals surface area contributed by atoms with Crippen LogP contribution >= 0.6 is 23.2 Å². The molecule has 0 spiro atoms. The minimum atomic E-state index is -0.250. The van der Waals surface area contributed by atoms with Crippen molar-refractivity contribution in [2.45, 2.75) is 32.2 Å². The lowest BCUT2D eigenvalue weighted by atomic mass is 9.99. The highest BCUT2D eigenvalue weighted by Gasteiger charge is 2.29. The average molecular weight is 504 g/mol.